The number of aromatic nitrogens is 2. The number of hydrogen-bond acceptors (Lipinski definition) is 2. The second-order valence-corrected chi connectivity index (χ2v) is 6.37. The maximum absolute atomic E-state index is 13.3. The molecule has 3 rings (SSSR count). The highest BCUT2D eigenvalue weighted by molar-refractivity contribution is 7.99. The first-order valence-corrected chi connectivity index (χ1v) is 7.76. The number of nitrogens with one attached hydrogen (secondary N) is 1. The summed E-state index contributed by atoms with van der Waals surface area (Å²) in [6.45, 7) is 0.906. The lowest BCUT2D eigenvalue weighted by atomic mass is 10.0. The van der Waals surface area contributed by atoms with Gasteiger partial charge in [0.05, 0.1) is 11.0 Å². The van der Waals surface area contributed by atoms with Crippen molar-refractivity contribution < 1.29 is 4.39 Å². The lowest BCUT2D eigenvalue weighted by Gasteiger charge is -2.21. The summed E-state index contributed by atoms with van der Waals surface area (Å²) in [6, 6.07) is 4.79. The second-order valence-electron chi connectivity index (χ2n) is 4.76. The first kappa shape index (κ1) is 12.2. The van der Waals surface area contributed by atoms with Gasteiger partial charge in [-0.25, -0.2) is 4.39 Å². The molecule has 0 bridgehead atoms. The largest absolute Gasteiger partial charge is 0.331 e. The normalized spacial score (nSPS) is 17.4. The van der Waals surface area contributed by atoms with Crippen LogP contribution in [0.25, 0.3) is 11.0 Å². The molecule has 1 aliphatic heterocycles. The molecule has 2 aromatic rings. The molecule has 18 heavy (non-hydrogen) atoms. The second kappa shape index (κ2) is 5.05. The Morgan fingerprint density at radius 3 is 2.94 bits per heavy atom. The smallest absolute Gasteiger partial charge is 0.178 e. The molecule has 0 amide bonds. The number of imidazole rings is 1. The van der Waals surface area contributed by atoms with Crippen molar-refractivity contribution in [3.63, 3.8) is 0 Å². The van der Waals surface area contributed by atoms with Crippen LogP contribution in [0, 0.1) is 16.5 Å². The van der Waals surface area contributed by atoms with Crippen LogP contribution < -0.4 is 0 Å². The third-order valence-corrected chi connectivity index (χ3v) is 4.89. The predicted octanol–water partition coefficient (Wildman–Crippen LogP) is 3.98. The zero-order valence-electron chi connectivity index (χ0n) is 9.99. The molecule has 0 atom stereocenters. The zero-order chi connectivity index (χ0) is 12.5. The van der Waals surface area contributed by atoms with Gasteiger partial charge in [-0.1, -0.05) is 0 Å². The van der Waals surface area contributed by atoms with E-state index in [1.54, 1.807) is 12.1 Å². The van der Waals surface area contributed by atoms with Crippen molar-refractivity contribution in [1.29, 1.82) is 0 Å². The van der Waals surface area contributed by atoms with E-state index >= 15 is 0 Å². The van der Waals surface area contributed by atoms with Crippen molar-refractivity contribution in [1.82, 2.24) is 9.55 Å². The van der Waals surface area contributed by atoms with Crippen molar-refractivity contribution in [3.05, 3.63) is 28.8 Å². The van der Waals surface area contributed by atoms with Gasteiger partial charge < -0.3 is 9.55 Å². The summed E-state index contributed by atoms with van der Waals surface area (Å²) in [4.78, 5) is 3.15. The Hall–Kier alpha value is -0.810. The first-order valence-electron chi connectivity index (χ1n) is 6.20. The summed E-state index contributed by atoms with van der Waals surface area (Å²) in [5, 5.41) is 0. The summed E-state index contributed by atoms with van der Waals surface area (Å²) in [6.07, 6.45) is 2.46. The number of rotatable bonds is 2. The van der Waals surface area contributed by atoms with Crippen LogP contribution in [0.4, 0.5) is 4.39 Å². The van der Waals surface area contributed by atoms with Crippen LogP contribution in [0.3, 0.4) is 0 Å². The summed E-state index contributed by atoms with van der Waals surface area (Å²) in [7, 11) is 0. The van der Waals surface area contributed by atoms with Crippen molar-refractivity contribution in [3.8, 4) is 0 Å². The van der Waals surface area contributed by atoms with Gasteiger partial charge in [-0.2, -0.15) is 11.8 Å². The lowest BCUT2D eigenvalue weighted by Crippen LogP contribution is -2.16. The fourth-order valence-corrected chi connectivity index (χ4v) is 3.98. The fourth-order valence-electron chi connectivity index (χ4n) is 2.49. The molecular weight excluding hydrogens is 267 g/mol. The molecule has 2 heterocycles. The van der Waals surface area contributed by atoms with E-state index in [2.05, 4.69) is 9.55 Å². The van der Waals surface area contributed by atoms with Crippen molar-refractivity contribution in [2.75, 3.05) is 11.5 Å². The van der Waals surface area contributed by atoms with E-state index in [4.69, 9.17) is 12.2 Å². The van der Waals surface area contributed by atoms with Gasteiger partial charge in [-0.05, 0) is 60.7 Å². The van der Waals surface area contributed by atoms with Crippen molar-refractivity contribution >= 4 is 35.0 Å². The van der Waals surface area contributed by atoms with Crippen LogP contribution in [0.5, 0.6) is 0 Å². The minimum Gasteiger partial charge on any atom is -0.331 e. The van der Waals surface area contributed by atoms with E-state index in [0.29, 0.717) is 10.7 Å². The third-order valence-electron chi connectivity index (χ3n) is 3.52. The standard InChI is InChI=1S/C13H15FN2S2/c14-10-1-2-11-12(7-10)16(13(17)15-11)8-9-3-5-18-6-4-9/h1-2,7,9H,3-6,8H2,(H,15,17). The predicted molar refractivity (Wildman–Crippen MR) is 77.1 cm³/mol. The van der Waals surface area contributed by atoms with E-state index in [1.807, 2.05) is 11.8 Å². The van der Waals surface area contributed by atoms with E-state index < -0.39 is 0 Å². The molecule has 1 N–H and O–H groups in total. The highest BCUT2D eigenvalue weighted by atomic mass is 32.2. The quantitative estimate of drug-likeness (QED) is 0.841. The monoisotopic (exact) mass is 282 g/mol. The summed E-state index contributed by atoms with van der Waals surface area (Å²) in [5.74, 6) is 2.92. The van der Waals surface area contributed by atoms with Gasteiger partial charge in [0.25, 0.3) is 0 Å². The highest BCUT2D eigenvalue weighted by Crippen LogP contribution is 2.26. The van der Waals surface area contributed by atoms with Crippen LogP contribution >= 0.6 is 24.0 Å². The van der Waals surface area contributed by atoms with Crippen LogP contribution in [-0.2, 0) is 6.54 Å². The van der Waals surface area contributed by atoms with Gasteiger partial charge >= 0.3 is 0 Å². The molecule has 1 fully saturated rings. The Labute approximate surface area is 115 Å². The summed E-state index contributed by atoms with van der Waals surface area (Å²) >= 11 is 7.36. The van der Waals surface area contributed by atoms with E-state index in [0.717, 1.165) is 17.6 Å². The molecule has 0 unspecified atom stereocenters. The van der Waals surface area contributed by atoms with Gasteiger partial charge in [0.1, 0.15) is 5.82 Å². The van der Waals surface area contributed by atoms with Crippen LogP contribution in [-0.4, -0.2) is 21.1 Å². The number of thioether (sulfide) groups is 1. The minimum atomic E-state index is -0.204. The molecule has 0 saturated carbocycles. The number of aromatic amines is 1. The third kappa shape index (κ3) is 2.34. The van der Waals surface area contributed by atoms with E-state index in [1.165, 1.54) is 30.4 Å². The Kier molecular flexibility index (Phi) is 3.43. The molecule has 0 aliphatic carbocycles. The van der Waals surface area contributed by atoms with Crippen LogP contribution in [0.1, 0.15) is 12.8 Å². The topological polar surface area (TPSA) is 20.7 Å². The molecular formula is C13H15FN2S2. The Balaban J connectivity index is 1.97. The maximum Gasteiger partial charge on any atom is 0.178 e. The Morgan fingerprint density at radius 2 is 2.17 bits per heavy atom. The lowest BCUT2D eigenvalue weighted by molar-refractivity contribution is 0.420. The molecule has 1 saturated heterocycles. The van der Waals surface area contributed by atoms with E-state index in [-0.39, 0.29) is 5.82 Å². The zero-order valence-corrected chi connectivity index (χ0v) is 11.6. The SMILES string of the molecule is Fc1ccc2[nH]c(=S)n(CC3CCSCC3)c2c1. The minimum absolute atomic E-state index is 0.204. The molecule has 0 radical (unpaired) electrons. The number of fused-ring (bicyclic) bond motifs is 1. The van der Waals surface area contributed by atoms with Crippen molar-refractivity contribution in [2.45, 2.75) is 19.4 Å². The average molecular weight is 282 g/mol. The van der Waals surface area contributed by atoms with Crippen LogP contribution in [0.15, 0.2) is 18.2 Å². The Morgan fingerprint density at radius 1 is 1.39 bits per heavy atom. The molecule has 1 aromatic heterocycles. The molecule has 96 valence electrons. The number of H-pyrrole nitrogens is 1. The van der Waals surface area contributed by atoms with Crippen molar-refractivity contribution in [2.24, 2.45) is 5.92 Å². The van der Waals surface area contributed by atoms with Gasteiger partial charge in [0.15, 0.2) is 4.77 Å². The molecule has 0 spiro atoms. The van der Waals surface area contributed by atoms with E-state index in [9.17, 15) is 4.39 Å². The average Bonchev–Trinajstić information content (AvgIpc) is 2.67. The van der Waals surface area contributed by atoms with Gasteiger partial charge in [-0.15, -0.1) is 0 Å². The number of benzene rings is 1. The number of nitrogens with zero attached hydrogens (tertiary/aromatic N) is 1. The maximum atomic E-state index is 13.3. The molecule has 2 nitrogen and oxygen atoms in total. The van der Waals surface area contributed by atoms with Crippen LogP contribution in [0.2, 0.25) is 0 Å². The first-order chi connectivity index (χ1) is 8.74. The van der Waals surface area contributed by atoms with Gasteiger partial charge in [-0.3, -0.25) is 0 Å². The molecule has 1 aliphatic rings. The summed E-state index contributed by atoms with van der Waals surface area (Å²) in [5.41, 5.74) is 1.81. The molecule has 5 heteroatoms. The Bertz CT molecular complexity index is 611. The summed E-state index contributed by atoms with van der Waals surface area (Å²) < 4.78 is 16.1. The molecule has 1 aromatic carbocycles. The highest BCUT2D eigenvalue weighted by Gasteiger charge is 2.16. The fraction of sp³-hybridized carbons (Fsp3) is 0.462. The number of halogens is 1. The van der Waals surface area contributed by atoms with Gasteiger partial charge in [0.2, 0.25) is 0 Å². The number of hydrogen-bond donors (Lipinski definition) is 1. The van der Waals surface area contributed by atoms with Gasteiger partial charge in [0, 0.05) is 6.54 Å².